The van der Waals surface area contributed by atoms with Crippen molar-refractivity contribution in [2.24, 2.45) is 5.92 Å². The van der Waals surface area contributed by atoms with Crippen molar-refractivity contribution in [2.75, 3.05) is 7.11 Å². The molecule has 0 spiro atoms. The molecule has 1 aromatic carbocycles. The summed E-state index contributed by atoms with van der Waals surface area (Å²) < 4.78 is 7.84. The van der Waals surface area contributed by atoms with E-state index in [1.54, 1.807) is 32.0 Å². The summed E-state index contributed by atoms with van der Waals surface area (Å²) >= 11 is 1.64. The number of carbonyl (C=O) groups is 1. The molecular weight excluding hydrogens is 408 g/mol. The Hall–Kier alpha value is -2.67. The number of ether oxygens (including phenoxy) is 1. The SMILES string of the molecule is COc1ccc(C(C)=O)cc1CSc1nnc(-c2cccnc2)n1[C@@H]1CCCC[C@@H]1C. The molecule has 0 N–H and O–H groups in total. The number of nitrogens with zero attached hydrogens (tertiary/aromatic N) is 4. The highest BCUT2D eigenvalue weighted by Gasteiger charge is 2.28. The van der Waals surface area contributed by atoms with E-state index in [2.05, 4.69) is 26.7 Å². The van der Waals surface area contributed by atoms with Gasteiger partial charge in [-0.25, -0.2) is 0 Å². The molecule has 2 atom stereocenters. The minimum Gasteiger partial charge on any atom is -0.496 e. The molecule has 1 aliphatic rings. The van der Waals surface area contributed by atoms with E-state index >= 15 is 0 Å². The van der Waals surface area contributed by atoms with Crippen LogP contribution in [0.2, 0.25) is 0 Å². The van der Waals surface area contributed by atoms with Crippen molar-refractivity contribution in [1.82, 2.24) is 19.7 Å². The number of pyridine rings is 1. The predicted molar refractivity (Wildman–Crippen MR) is 122 cm³/mol. The van der Waals surface area contributed by atoms with E-state index in [0.717, 1.165) is 34.3 Å². The molecule has 0 unspecified atom stereocenters. The molecule has 0 bridgehead atoms. The van der Waals surface area contributed by atoms with Crippen LogP contribution in [0.15, 0.2) is 47.9 Å². The maximum Gasteiger partial charge on any atom is 0.192 e. The molecule has 2 heterocycles. The average molecular weight is 437 g/mol. The van der Waals surface area contributed by atoms with Crippen LogP contribution >= 0.6 is 11.8 Å². The van der Waals surface area contributed by atoms with Crippen molar-refractivity contribution >= 4 is 17.5 Å². The highest BCUT2D eigenvalue weighted by atomic mass is 32.2. The zero-order chi connectivity index (χ0) is 21.8. The van der Waals surface area contributed by atoms with Gasteiger partial charge >= 0.3 is 0 Å². The number of hydrogen-bond acceptors (Lipinski definition) is 6. The maximum absolute atomic E-state index is 11.8. The second-order valence-corrected chi connectivity index (χ2v) is 9.06. The maximum atomic E-state index is 11.8. The average Bonchev–Trinajstić information content (AvgIpc) is 3.22. The molecule has 162 valence electrons. The molecule has 0 amide bonds. The molecular formula is C24H28N4O2S. The Labute approximate surface area is 187 Å². The number of thioether (sulfide) groups is 1. The number of rotatable bonds is 7. The number of Topliss-reactive ketones (excluding diaryl/α,β-unsaturated/α-hetero) is 1. The van der Waals surface area contributed by atoms with Crippen molar-refractivity contribution in [3.05, 3.63) is 53.9 Å². The van der Waals surface area contributed by atoms with Gasteiger partial charge in [-0.2, -0.15) is 0 Å². The molecule has 1 fully saturated rings. The summed E-state index contributed by atoms with van der Waals surface area (Å²) in [6, 6.07) is 9.93. The minimum absolute atomic E-state index is 0.0481. The van der Waals surface area contributed by atoms with Crippen LogP contribution in [-0.2, 0) is 5.75 Å². The van der Waals surface area contributed by atoms with Crippen molar-refractivity contribution in [2.45, 2.75) is 56.5 Å². The third-order valence-corrected chi connectivity index (χ3v) is 7.02. The van der Waals surface area contributed by atoms with Crippen molar-refractivity contribution in [3.8, 4) is 17.1 Å². The molecule has 31 heavy (non-hydrogen) atoms. The Morgan fingerprint density at radius 2 is 2.06 bits per heavy atom. The molecule has 3 aromatic rings. The highest BCUT2D eigenvalue weighted by molar-refractivity contribution is 7.98. The highest BCUT2D eigenvalue weighted by Crippen LogP contribution is 2.40. The Balaban J connectivity index is 1.68. The first-order valence-corrected chi connectivity index (χ1v) is 11.7. The normalized spacial score (nSPS) is 18.7. The van der Waals surface area contributed by atoms with Crippen LogP contribution < -0.4 is 4.74 Å². The summed E-state index contributed by atoms with van der Waals surface area (Å²) in [4.78, 5) is 16.1. The summed E-state index contributed by atoms with van der Waals surface area (Å²) in [5.74, 6) is 2.92. The third-order valence-electron chi connectivity index (χ3n) is 6.03. The third kappa shape index (κ3) is 4.66. The van der Waals surface area contributed by atoms with E-state index in [-0.39, 0.29) is 5.78 Å². The van der Waals surface area contributed by atoms with Crippen molar-refractivity contribution in [3.63, 3.8) is 0 Å². The monoisotopic (exact) mass is 436 g/mol. The fraction of sp³-hybridized carbons (Fsp3) is 0.417. The van der Waals surface area contributed by atoms with Crippen molar-refractivity contribution in [1.29, 1.82) is 0 Å². The van der Waals surface area contributed by atoms with Crippen LogP contribution in [0.5, 0.6) is 5.75 Å². The first-order chi connectivity index (χ1) is 15.1. The quantitative estimate of drug-likeness (QED) is 0.355. The lowest BCUT2D eigenvalue weighted by Gasteiger charge is -2.31. The number of aromatic nitrogens is 4. The Kier molecular flexibility index (Phi) is 6.70. The molecule has 0 radical (unpaired) electrons. The number of ketones is 1. The summed E-state index contributed by atoms with van der Waals surface area (Å²) in [7, 11) is 1.66. The zero-order valence-electron chi connectivity index (χ0n) is 18.2. The fourth-order valence-electron chi connectivity index (χ4n) is 4.30. The van der Waals surface area contributed by atoms with Crippen LogP contribution in [0, 0.1) is 5.92 Å². The Bertz CT molecular complexity index is 1050. The van der Waals surface area contributed by atoms with Crippen LogP contribution in [0.25, 0.3) is 11.4 Å². The summed E-state index contributed by atoms with van der Waals surface area (Å²) in [6.07, 6.45) is 8.47. The van der Waals surface area contributed by atoms with Gasteiger partial charge in [0.15, 0.2) is 16.8 Å². The van der Waals surface area contributed by atoms with E-state index in [1.165, 1.54) is 19.3 Å². The zero-order valence-corrected chi connectivity index (χ0v) is 19.1. The van der Waals surface area contributed by atoms with Gasteiger partial charge in [0, 0.05) is 40.9 Å². The summed E-state index contributed by atoms with van der Waals surface area (Å²) in [5.41, 5.74) is 2.65. The molecule has 0 saturated heterocycles. The van der Waals surface area contributed by atoms with Crippen LogP contribution in [0.3, 0.4) is 0 Å². The number of benzene rings is 1. The lowest BCUT2D eigenvalue weighted by atomic mass is 9.85. The van der Waals surface area contributed by atoms with Gasteiger partial charge in [-0.15, -0.1) is 10.2 Å². The van der Waals surface area contributed by atoms with E-state index in [0.29, 0.717) is 23.3 Å². The van der Waals surface area contributed by atoms with E-state index in [1.807, 2.05) is 36.5 Å². The topological polar surface area (TPSA) is 69.9 Å². The van der Waals surface area contributed by atoms with E-state index in [9.17, 15) is 4.79 Å². The fourth-order valence-corrected chi connectivity index (χ4v) is 5.27. The standard InChI is InChI=1S/C24H28N4O2S/c1-16-7-4-5-9-21(16)28-23(19-8-6-12-25-14-19)26-27-24(28)31-15-20-13-18(17(2)29)10-11-22(20)30-3/h6,8,10-14,16,21H,4-5,7,9,15H2,1-3H3/t16-,21+/m0/s1. The molecule has 1 aliphatic carbocycles. The van der Waals surface area contributed by atoms with Crippen LogP contribution in [0.4, 0.5) is 0 Å². The van der Waals surface area contributed by atoms with Crippen molar-refractivity contribution < 1.29 is 9.53 Å². The minimum atomic E-state index is 0.0481. The molecule has 7 heteroatoms. The first-order valence-electron chi connectivity index (χ1n) is 10.7. The van der Waals surface area contributed by atoms with Crippen LogP contribution in [-0.4, -0.2) is 32.6 Å². The second kappa shape index (κ2) is 9.64. The van der Waals surface area contributed by atoms with Gasteiger partial charge < -0.3 is 4.74 Å². The van der Waals surface area contributed by atoms with Gasteiger partial charge in [-0.05, 0) is 56.0 Å². The summed E-state index contributed by atoms with van der Waals surface area (Å²) in [6.45, 7) is 3.91. The van der Waals surface area contributed by atoms with Gasteiger partial charge in [0.2, 0.25) is 0 Å². The Morgan fingerprint density at radius 3 is 2.77 bits per heavy atom. The van der Waals surface area contributed by atoms with Crippen LogP contribution in [0.1, 0.15) is 61.5 Å². The first kappa shape index (κ1) is 21.6. The summed E-state index contributed by atoms with van der Waals surface area (Å²) in [5, 5.41) is 10.0. The molecule has 6 nitrogen and oxygen atoms in total. The predicted octanol–water partition coefficient (Wildman–Crippen LogP) is 5.59. The molecule has 0 aliphatic heterocycles. The lowest BCUT2D eigenvalue weighted by molar-refractivity contribution is 0.101. The van der Waals surface area contributed by atoms with E-state index < -0.39 is 0 Å². The van der Waals surface area contributed by atoms with Gasteiger partial charge in [-0.1, -0.05) is 31.5 Å². The second-order valence-electron chi connectivity index (χ2n) is 8.12. The van der Waals surface area contributed by atoms with Gasteiger partial charge in [0.1, 0.15) is 5.75 Å². The number of carbonyl (C=O) groups excluding carboxylic acids is 1. The smallest absolute Gasteiger partial charge is 0.192 e. The van der Waals surface area contributed by atoms with E-state index in [4.69, 9.17) is 4.74 Å². The van der Waals surface area contributed by atoms with Gasteiger partial charge in [0.25, 0.3) is 0 Å². The molecule has 1 saturated carbocycles. The van der Waals surface area contributed by atoms with Gasteiger partial charge in [0.05, 0.1) is 7.11 Å². The molecule has 4 rings (SSSR count). The number of methoxy groups -OCH3 is 1. The molecule has 2 aromatic heterocycles. The van der Waals surface area contributed by atoms with Gasteiger partial charge in [-0.3, -0.25) is 14.3 Å². The lowest BCUT2D eigenvalue weighted by Crippen LogP contribution is -2.22. The largest absolute Gasteiger partial charge is 0.496 e. The Morgan fingerprint density at radius 1 is 1.23 bits per heavy atom. The number of hydrogen-bond donors (Lipinski definition) is 0.